The van der Waals surface area contributed by atoms with Crippen LogP contribution < -0.4 is 0 Å². The Morgan fingerprint density at radius 1 is 1.12 bits per heavy atom. The number of ether oxygens (including phenoxy) is 1. The van der Waals surface area contributed by atoms with E-state index in [4.69, 9.17) is 4.74 Å². The summed E-state index contributed by atoms with van der Waals surface area (Å²) >= 11 is 0. The molecule has 0 bridgehead atoms. The molecule has 128 valence electrons. The highest BCUT2D eigenvalue weighted by Crippen LogP contribution is 2.26. The maximum atomic E-state index is 12.5. The van der Waals surface area contributed by atoms with Crippen molar-refractivity contribution in [3.8, 4) is 0 Å². The third-order valence-electron chi connectivity index (χ3n) is 4.95. The molecule has 1 aliphatic rings. The lowest BCUT2D eigenvalue weighted by atomic mass is 10.0. The molecule has 0 radical (unpaired) electrons. The Morgan fingerprint density at radius 2 is 1.92 bits per heavy atom. The first-order valence-electron chi connectivity index (χ1n) is 8.83. The van der Waals surface area contributed by atoms with Crippen molar-refractivity contribution < 1.29 is 9.53 Å². The van der Waals surface area contributed by atoms with Crippen LogP contribution in [0, 0.1) is 0 Å². The van der Waals surface area contributed by atoms with Crippen LogP contribution >= 0.6 is 0 Å². The first-order valence-corrected chi connectivity index (χ1v) is 8.83. The molecule has 1 saturated heterocycles. The summed E-state index contributed by atoms with van der Waals surface area (Å²) in [4.78, 5) is 17.7. The van der Waals surface area contributed by atoms with E-state index >= 15 is 0 Å². The summed E-state index contributed by atoms with van der Waals surface area (Å²) < 4.78 is 5.53. The SMILES string of the molecule is O=C(OCc1ccccc1)N1CCC[C@@H]1Cc1c[nH]c2ccccc12. The van der Waals surface area contributed by atoms with Gasteiger partial charge in [0, 0.05) is 29.7 Å². The van der Waals surface area contributed by atoms with E-state index in [0.29, 0.717) is 6.61 Å². The number of aromatic nitrogens is 1. The van der Waals surface area contributed by atoms with E-state index in [0.717, 1.165) is 36.9 Å². The molecule has 4 nitrogen and oxygen atoms in total. The van der Waals surface area contributed by atoms with Crippen LogP contribution in [0.25, 0.3) is 10.9 Å². The van der Waals surface area contributed by atoms with Gasteiger partial charge in [-0.3, -0.25) is 0 Å². The second kappa shape index (κ2) is 7.01. The van der Waals surface area contributed by atoms with Crippen LogP contribution in [0.2, 0.25) is 0 Å². The molecule has 0 saturated carbocycles. The highest BCUT2D eigenvalue weighted by molar-refractivity contribution is 5.83. The van der Waals surface area contributed by atoms with Crippen molar-refractivity contribution in [2.45, 2.75) is 31.9 Å². The maximum absolute atomic E-state index is 12.5. The third-order valence-corrected chi connectivity index (χ3v) is 4.95. The zero-order valence-corrected chi connectivity index (χ0v) is 14.2. The van der Waals surface area contributed by atoms with Crippen molar-refractivity contribution in [1.82, 2.24) is 9.88 Å². The van der Waals surface area contributed by atoms with Gasteiger partial charge in [-0.15, -0.1) is 0 Å². The highest BCUT2D eigenvalue weighted by Gasteiger charge is 2.30. The van der Waals surface area contributed by atoms with Gasteiger partial charge in [0.2, 0.25) is 0 Å². The molecule has 0 spiro atoms. The topological polar surface area (TPSA) is 45.3 Å². The normalized spacial score (nSPS) is 17.1. The van der Waals surface area contributed by atoms with Gasteiger partial charge >= 0.3 is 6.09 Å². The average molecular weight is 334 g/mol. The third kappa shape index (κ3) is 3.38. The van der Waals surface area contributed by atoms with Crippen molar-refractivity contribution in [1.29, 1.82) is 0 Å². The summed E-state index contributed by atoms with van der Waals surface area (Å²) in [6.45, 7) is 1.11. The zero-order chi connectivity index (χ0) is 17.1. The summed E-state index contributed by atoms with van der Waals surface area (Å²) in [6, 6.07) is 18.3. The van der Waals surface area contributed by atoms with E-state index in [2.05, 4.69) is 29.4 Å². The van der Waals surface area contributed by atoms with Gasteiger partial charge in [-0.1, -0.05) is 48.5 Å². The van der Waals surface area contributed by atoms with E-state index in [-0.39, 0.29) is 12.1 Å². The predicted octanol–water partition coefficient (Wildman–Crippen LogP) is 4.51. The van der Waals surface area contributed by atoms with Gasteiger partial charge in [0.25, 0.3) is 0 Å². The molecule has 2 aromatic carbocycles. The molecule has 0 aliphatic carbocycles. The smallest absolute Gasteiger partial charge is 0.410 e. The minimum atomic E-state index is -0.203. The Hall–Kier alpha value is -2.75. The van der Waals surface area contributed by atoms with E-state index < -0.39 is 0 Å². The Kier molecular flexibility index (Phi) is 4.42. The number of nitrogens with zero attached hydrogens (tertiary/aromatic N) is 1. The van der Waals surface area contributed by atoms with Gasteiger partial charge in [-0.2, -0.15) is 0 Å². The quantitative estimate of drug-likeness (QED) is 0.763. The summed E-state index contributed by atoms with van der Waals surface area (Å²) in [5.74, 6) is 0. The van der Waals surface area contributed by atoms with E-state index in [1.54, 1.807) is 0 Å². The highest BCUT2D eigenvalue weighted by atomic mass is 16.6. The van der Waals surface area contributed by atoms with Crippen molar-refractivity contribution in [2.24, 2.45) is 0 Å². The fourth-order valence-electron chi connectivity index (χ4n) is 3.64. The van der Waals surface area contributed by atoms with Gasteiger partial charge in [0.1, 0.15) is 6.61 Å². The molecule has 3 aromatic rings. The minimum absolute atomic E-state index is 0.203. The molecular formula is C21H22N2O2. The van der Waals surface area contributed by atoms with E-state index in [1.807, 2.05) is 41.3 Å². The number of amides is 1. The number of para-hydroxylation sites is 1. The number of nitrogens with one attached hydrogen (secondary N) is 1. The van der Waals surface area contributed by atoms with Gasteiger partial charge < -0.3 is 14.6 Å². The molecule has 1 amide bonds. The van der Waals surface area contributed by atoms with Crippen molar-refractivity contribution in [3.63, 3.8) is 0 Å². The number of hydrogen-bond donors (Lipinski definition) is 1. The standard InChI is InChI=1S/C21H22N2O2/c24-21(25-15-16-7-2-1-3-8-16)23-12-6-9-18(23)13-17-14-22-20-11-5-4-10-19(17)20/h1-5,7-8,10-11,14,18,22H,6,9,12-13,15H2/t18-/m1/s1. The summed E-state index contributed by atoms with van der Waals surface area (Å²) in [6.07, 6.45) is 4.79. The first kappa shape index (κ1) is 15.8. The van der Waals surface area contributed by atoms with Crippen LogP contribution in [0.3, 0.4) is 0 Å². The molecule has 1 fully saturated rings. The number of carbonyl (C=O) groups excluding carboxylic acids is 1. The number of aromatic amines is 1. The van der Waals surface area contributed by atoms with Crippen molar-refractivity contribution >= 4 is 17.0 Å². The fourth-order valence-corrected chi connectivity index (χ4v) is 3.64. The lowest BCUT2D eigenvalue weighted by Gasteiger charge is -2.24. The zero-order valence-electron chi connectivity index (χ0n) is 14.2. The fraction of sp³-hybridized carbons (Fsp3) is 0.286. The summed E-state index contributed by atoms with van der Waals surface area (Å²) in [7, 11) is 0. The molecule has 1 aliphatic heterocycles. The van der Waals surface area contributed by atoms with Crippen LogP contribution in [0.15, 0.2) is 60.8 Å². The Bertz CT molecular complexity index is 856. The number of rotatable bonds is 4. The molecule has 4 heteroatoms. The van der Waals surface area contributed by atoms with Crippen LogP contribution in [0.4, 0.5) is 4.79 Å². The predicted molar refractivity (Wildman–Crippen MR) is 98.4 cm³/mol. The molecule has 0 unspecified atom stereocenters. The van der Waals surface area contributed by atoms with E-state index in [1.165, 1.54) is 10.9 Å². The Morgan fingerprint density at radius 3 is 2.80 bits per heavy atom. The molecular weight excluding hydrogens is 312 g/mol. The van der Waals surface area contributed by atoms with Crippen LogP contribution in [0.5, 0.6) is 0 Å². The lowest BCUT2D eigenvalue weighted by Crippen LogP contribution is -2.37. The minimum Gasteiger partial charge on any atom is -0.445 e. The maximum Gasteiger partial charge on any atom is 0.410 e. The second-order valence-electron chi connectivity index (χ2n) is 6.59. The summed E-state index contributed by atoms with van der Waals surface area (Å²) in [5, 5.41) is 1.24. The number of H-pyrrole nitrogens is 1. The molecule has 1 aromatic heterocycles. The number of hydrogen-bond acceptors (Lipinski definition) is 2. The molecule has 2 heterocycles. The lowest BCUT2D eigenvalue weighted by molar-refractivity contribution is 0.0921. The second-order valence-corrected chi connectivity index (χ2v) is 6.59. The molecule has 1 atom stereocenters. The molecule has 25 heavy (non-hydrogen) atoms. The summed E-state index contributed by atoms with van der Waals surface area (Å²) in [5.41, 5.74) is 3.43. The van der Waals surface area contributed by atoms with Crippen LogP contribution in [-0.2, 0) is 17.8 Å². The average Bonchev–Trinajstić information content (AvgIpc) is 3.28. The Labute approximate surface area is 147 Å². The van der Waals surface area contributed by atoms with Gasteiger partial charge in [-0.05, 0) is 36.5 Å². The molecule has 1 N–H and O–H groups in total. The number of benzene rings is 2. The van der Waals surface area contributed by atoms with Crippen molar-refractivity contribution in [3.05, 3.63) is 71.9 Å². The largest absolute Gasteiger partial charge is 0.445 e. The number of fused-ring (bicyclic) bond motifs is 1. The van der Waals surface area contributed by atoms with Gasteiger partial charge in [0.05, 0.1) is 0 Å². The number of likely N-dealkylation sites (tertiary alicyclic amines) is 1. The van der Waals surface area contributed by atoms with Crippen LogP contribution in [0.1, 0.15) is 24.0 Å². The monoisotopic (exact) mass is 334 g/mol. The van der Waals surface area contributed by atoms with E-state index in [9.17, 15) is 4.79 Å². The number of carbonyl (C=O) groups is 1. The van der Waals surface area contributed by atoms with Gasteiger partial charge in [0.15, 0.2) is 0 Å². The van der Waals surface area contributed by atoms with Gasteiger partial charge in [-0.25, -0.2) is 4.79 Å². The first-order chi connectivity index (χ1) is 12.3. The molecule has 4 rings (SSSR count). The van der Waals surface area contributed by atoms with Crippen molar-refractivity contribution in [2.75, 3.05) is 6.54 Å². The Balaban J connectivity index is 1.42. The van der Waals surface area contributed by atoms with Crippen LogP contribution in [-0.4, -0.2) is 28.6 Å².